The second kappa shape index (κ2) is 3.92. The first-order chi connectivity index (χ1) is 7.62. The van der Waals surface area contributed by atoms with Gasteiger partial charge in [0.2, 0.25) is 0 Å². The Bertz CT molecular complexity index is 498. The number of fused-ring (bicyclic) bond motifs is 1. The standard InChI is InChI=1S/C13H18N2O/c1-13(9-14,16-3)11-6-4-5-10-7-8-15(2)12(10)11/h4-8H,9,14H2,1-3H3. The van der Waals surface area contributed by atoms with Crippen molar-refractivity contribution in [1.29, 1.82) is 0 Å². The van der Waals surface area contributed by atoms with Crippen LogP contribution in [0.15, 0.2) is 30.5 Å². The molecule has 0 fully saturated rings. The van der Waals surface area contributed by atoms with E-state index in [2.05, 4.69) is 29.0 Å². The summed E-state index contributed by atoms with van der Waals surface area (Å²) in [6, 6.07) is 8.33. The van der Waals surface area contributed by atoms with Crippen LogP contribution in [0.4, 0.5) is 0 Å². The molecular weight excluding hydrogens is 200 g/mol. The SMILES string of the molecule is COC(C)(CN)c1cccc2ccn(C)c12. The number of aryl methyl sites for hydroxylation is 1. The summed E-state index contributed by atoms with van der Waals surface area (Å²) in [5.41, 5.74) is 7.73. The van der Waals surface area contributed by atoms with Crippen molar-refractivity contribution < 1.29 is 4.74 Å². The minimum absolute atomic E-state index is 0.425. The summed E-state index contributed by atoms with van der Waals surface area (Å²) in [5.74, 6) is 0. The molecule has 0 spiro atoms. The number of ether oxygens (including phenoxy) is 1. The van der Waals surface area contributed by atoms with E-state index >= 15 is 0 Å². The second-order valence-electron chi connectivity index (χ2n) is 4.31. The predicted molar refractivity (Wildman–Crippen MR) is 66.3 cm³/mol. The molecule has 1 heterocycles. The molecule has 0 aliphatic carbocycles. The highest BCUT2D eigenvalue weighted by molar-refractivity contribution is 5.84. The van der Waals surface area contributed by atoms with Gasteiger partial charge in [-0.1, -0.05) is 18.2 Å². The molecular formula is C13H18N2O. The third-order valence-corrected chi connectivity index (χ3v) is 3.31. The van der Waals surface area contributed by atoms with Gasteiger partial charge in [0.25, 0.3) is 0 Å². The molecule has 1 aromatic heterocycles. The molecule has 2 N–H and O–H groups in total. The summed E-state index contributed by atoms with van der Waals surface area (Å²) in [5, 5.41) is 1.22. The highest BCUT2D eigenvalue weighted by atomic mass is 16.5. The maximum atomic E-state index is 5.83. The molecule has 0 saturated heterocycles. The van der Waals surface area contributed by atoms with E-state index < -0.39 is 5.60 Å². The topological polar surface area (TPSA) is 40.2 Å². The van der Waals surface area contributed by atoms with Crippen molar-refractivity contribution in [3.05, 3.63) is 36.0 Å². The molecule has 16 heavy (non-hydrogen) atoms. The van der Waals surface area contributed by atoms with Crippen molar-refractivity contribution >= 4 is 10.9 Å². The normalized spacial score (nSPS) is 15.2. The fourth-order valence-electron chi connectivity index (χ4n) is 2.09. The minimum Gasteiger partial charge on any atom is -0.372 e. The van der Waals surface area contributed by atoms with Crippen LogP contribution in [0.1, 0.15) is 12.5 Å². The van der Waals surface area contributed by atoms with Gasteiger partial charge in [-0.2, -0.15) is 0 Å². The van der Waals surface area contributed by atoms with E-state index in [0.717, 1.165) is 5.56 Å². The average molecular weight is 218 g/mol. The Hall–Kier alpha value is -1.32. The average Bonchev–Trinajstić information content (AvgIpc) is 2.70. The van der Waals surface area contributed by atoms with Gasteiger partial charge in [0.05, 0.1) is 5.52 Å². The Morgan fingerprint density at radius 1 is 1.38 bits per heavy atom. The highest BCUT2D eigenvalue weighted by Crippen LogP contribution is 2.30. The molecule has 1 unspecified atom stereocenters. The zero-order chi connectivity index (χ0) is 11.8. The van der Waals surface area contributed by atoms with Crippen molar-refractivity contribution in [2.24, 2.45) is 12.8 Å². The number of benzene rings is 1. The first kappa shape index (κ1) is 11.2. The van der Waals surface area contributed by atoms with Gasteiger partial charge in [-0.25, -0.2) is 0 Å². The number of rotatable bonds is 3. The highest BCUT2D eigenvalue weighted by Gasteiger charge is 2.27. The first-order valence-corrected chi connectivity index (χ1v) is 5.42. The van der Waals surface area contributed by atoms with Crippen LogP contribution in [0, 0.1) is 0 Å². The van der Waals surface area contributed by atoms with Crippen molar-refractivity contribution in [2.75, 3.05) is 13.7 Å². The molecule has 0 bridgehead atoms. The van der Waals surface area contributed by atoms with E-state index in [4.69, 9.17) is 10.5 Å². The second-order valence-corrected chi connectivity index (χ2v) is 4.31. The molecule has 0 amide bonds. The van der Waals surface area contributed by atoms with Crippen LogP contribution in [0.25, 0.3) is 10.9 Å². The Morgan fingerprint density at radius 2 is 2.12 bits per heavy atom. The molecule has 2 aromatic rings. The summed E-state index contributed by atoms with van der Waals surface area (Å²) in [4.78, 5) is 0. The third kappa shape index (κ3) is 1.52. The number of methoxy groups -OCH3 is 1. The number of nitrogens with zero attached hydrogens (tertiary/aromatic N) is 1. The molecule has 1 aromatic carbocycles. The van der Waals surface area contributed by atoms with Gasteiger partial charge >= 0.3 is 0 Å². The Morgan fingerprint density at radius 3 is 2.75 bits per heavy atom. The minimum atomic E-state index is -0.425. The van der Waals surface area contributed by atoms with Crippen molar-refractivity contribution in [3.63, 3.8) is 0 Å². The largest absolute Gasteiger partial charge is 0.372 e. The van der Waals surface area contributed by atoms with Gasteiger partial charge in [-0.3, -0.25) is 0 Å². The summed E-state index contributed by atoms with van der Waals surface area (Å²) in [6.07, 6.45) is 2.06. The zero-order valence-corrected chi connectivity index (χ0v) is 10.0. The number of nitrogens with two attached hydrogens (primary N) is 1. The van der Waals surface area contributed by atoms with E-state index in [1.54, 1.807) is 7.11 Å². The Balaban J connectivity index is 2.72. The lowest BCUT2D eigenvalue weighted by Gasteiger charge is -2.28. The molecule has 3 nitrogen and oxygen atoms in total. The molecule has 2 rings (SSSR count). The molecule has 3 heteroatoms. The zero-order valence-electron chi connectivity index (χ0n) is 10.0. The molecule has 86 valence electrons. The smallest absolute Gasteiger partial charge is 0.104 e. The van der Waals surface area contributed by atoms with E-state index in [1.165, 1.54) is 10.9 Å². The van der Waals surface area contributed by atoms with Crippen LogP contribution in [0.3, 0.4) is 0 Å². The Labute approximate surface area is 95.8 Å². The van der Waals surface area contributed by atoms with Crippen LogP contribution < -0.4 is 5.73 Å². The van der Waals surface area contributed by atoms with Crippen molar-refractivity contribution in [2.45, 2.75) is 12.5 Å². The maximum absolute atomic E-state index is 5.83. The van der Waals surface area contributed by atoms with Crippen molar-refractivity contribution in [1.82, 2.24) is 4.57 Å². The van der Waals surface area contributed by atoms with Gasteiger partial charge in [-0.15, -0.1) is 0 Å². The Kier molecular flexibility index (Phi) is 2.74. The molecule has 0 aliphatic heterocycles. The number of hydrogen-bond donors (Lipinski definition) is 1. The van der Waals surface area contributed by atoms with Crippen molar-refractivity contribution in [3.8, 4) is 0 Å². The number of para-hydroxylation sites is 1. The first-order valence-electron chi connectivity index (χ1n) is 5.42. The number of aromatic nitrogens is 1. The summed E-state index contributed by atoms with van der Waals surface area (Å²) < 4.78 is 7.68. The van der Waals surface area contributed by atoms with Crippen LogP contribution in [0.2, 0.25) is 0 Å². The lowest BCUT2D eigenvalue weighted by Crippen LogP contribution is -2.34. The molecule has 0 saturated carbocycles. The predicted octanol–water partition coefficient (Wildman–Crippen LogP) is 2.00. The van der Waals surface area contributed by atoms with Gasteiger partial charge in [0.1, 0.15) is 5.60 Å². The van der Waals surface area contributed by atoms with Gasteiger partial charge in [0.15, 0.2) is 0 Å². The van der Waals surface area contributed by atoms with Crippen LogP contribution in [-0.4, -0.2) is 18.2 Å². The van der Waals surface area contributed by atoms with Crippen LogP contribution in [0.5, 0.6) is 0 Å². The monoisotopic (exact) mass is 218 g/mol. The lowest BCUT2D eigenvalue weighted by atomic mass is 9.94. The van der Waals surface area contributed by atoms with E-state index in [1.807, 2.05) is 20.0 Å². The fraction of sp³-hybridized carbons (Fsp3) is 0.385. The maximum Gasteiger partial charge on any atom is 0.104 e. The third-order valence-electron chi connectivity index (χ3n) is 3.31. The summed E-state index contributed by atoms with van der Waals surface area (Å²) in [7, 11) is 3.74. The molecule has 1 atom stereocenters. The summed E-state index contributed by atoms with van der Waals surface area (Å²) in [6.45, 7) is 2.49. The number of hydrogen-bond acceptors (Lipinski definition) is 2. The fourth-order valence-corrected chi connectivity index (χ4v) is 2.09. The molecule has 0 aliphatic rings. The lowest BCUT2D eigenvalue weighted by molar-refractivity contribution is 0.0111. The van der Waals surface area contributed by atoms with Crippen LogP contribution >= 0.6 is 0 Å². The van der Waals surface area contributed by atoms with E-state index in [-0.39, 0.29) is 0 Å². The van der Waals surface area contributed by atoms with E-state index in [0.29, 0.717) is 6.54 Å². The van der Waals surface area contributed by atoms with Gasteiger partial charge < -0.3 is 15.0 Å². The quantitative estimate of drug-likeness (QED) is 0.856. The molecule has 0 radical (unpaired) electrons. The summed E-state index contributed by atoms with van der Waals surface area (Å²) >= 11 is 0. The van der Waals surface area contributed by atoms with Gasteiger partial charge in [-0.05, 0) is 18.4 Å². The van der Waals surface area contributed by atoms with Gasteiger partial charge in [0, 0.05) is 32.5 Å². The van der Waals surface area contributed by atoms with E-state index in [9.17, 15) is 0 Å². The van der Waals surface area contributed by atoms with Crippen LogP contribution in [-0.2, 0) is 17.4 Å².